The molecule has 34 heavy (non-hydrogen) atoms. The molecule has 2 aliphatic rings. The van der Waals surface area contributed by atoms with Gasteiger partial charge in [-0.15, -0.1) is 0 Å². The van der Waals surface area contributed by atoms with E-state index in [1.54, 1.807) is 6.92 Å². The highest BCUT2D eigenvalue weighted by Gasteiger charge is 2.39. The molecule has 0 heterocycles. The van der Waals surface area contributed by atoms with Crippen molar-refractivity contribution in [1.29, 1.82) is 0 Å². The third-order valence-corrected chi connectivity index (χ3v) is 6.67. The third kappa shape index (κ3) is 11.4. The van der Waals surface area contributed by atoms with E-state index in [0.29, 0.717) is 31.5 Å². The van der Waals surface area contributed by atoms with Crippen molar-refractivity contribution in [2.75, 3.05) is 14.2 Å². The van der Waals surface area contributed by atoms with Crippen molar-refractivity contribution in [2.45, 2.75) is 97.8 Å². The number of ketones is 2. The van der Waals surface area contributed by atoms with Gasteiger partial charge in [0, 0.05) is 31.1 Å². The lowest BCUT2D eigenvalue weighted by atomic mass is 9.89. The van der Waals surface area contributed by atoms with Crippen molar-refractivity contribution in [3.63, 3.8) is 0 Å². The van der Waals surface area contributed by atoms with E-state index in [2.05, 4.69) is 37.7 Å². The van der Waals surface area contributed by atoms with E-state index in [0.717, 1.165) is 38.5 Å². The first-order valence-corrected chi connectivity index (χ1v) is 12.9. The molecule has 0 aromatic heterocycles. The molecule has 2 saturated carbocycles. The first-order valence-electron chi connectivity index (χ1n) is 12.9. The fourth-order valence-electron chi connectivity index (χ4n) is 4.75. The maximum atomic E-state index is 11.7. The Labute approximate surface area is 207 Å². The summed E-state index contributed by atoms with van der Waals surface area (Å²) in [5.41, 5.74) is 0. The van der Waals surface area contributed by atoms with Crippen LogP contribution >= 0.6 is 0 Å². The molecule has 1 radical (unpaired) electrons. The molecule has 0 aliphatic heterocycles. The summed E-state index contributed by atoms with van der Waals surface area (Å²) < 4.78 is 9.40. The molecule has 2 aliphatic carbocycles. The third-order valence-electron chi connectivity index (χ3n) is 6.67. The second kappa shape index (κ2) is 19.3. The fourth-order valence-corrected chi connectivity index (χ4v) is 4.75. The molecule has 0 aromatic rings. The average molecular weight is 480 g/mol. The van der Waals surface area contributed by atoms with Crippen molar-refractivity contribution in [3.8, 4) is 0 Å². The van der Waals surface area contributed by atoms with Gasteiger partial charge in [-0.05, 0) is 38.0 Å². The molecule has 0 amide bonds. The van der Waals surface area contributed by atoms with Crippen LogP contribution in [0.1, 0.15) is 97.8 Å². The van der Waals surface area contributed by atoms with Crippen molar-refractivity contribution in [3.05, 3.63) is 19.1 Å². The summed E-state index contributed by atoms with van der Waals surface area (Å²) in [6.45, 7) is 9.23. The summed E-state index contributed by atoms with van der Waals surface area (Å²) in [7, 11) is 2.80. The van der Waals surface area contributed by atoms with Crippen molar-refractivity contribution >= 4 is 23.5 Å². The summed E-state index contributed by atoms with van der Waals surface area (Å²) in [5.74, 6) is 0.129. The molecule has 0 saturated heterocycles. The van der Waals surface area contributed by atoms with Gasteiger partial charge in [-0.3, -0.25) is 19.2 Å². The zero-order chi connectivity index (χ0) is 25.9. The number of ether oxygens (including phenoxy) is 2. The average Bonchev–Trinajstić information content (AvgIpc) is 3.40. The zero-order valence-electron chi connectivity index (χ0n) is 22.1. The van der Waals surface area contributed by atoms with Crippen LogP contribution in [0, 0.1) is 30.6 Å². The van der Waals surface area contributed by atoms with Crippen LogP contribution in [0.4, 0.5) is 0 Å². The Morgan fingerprint density at radius 2 is 1.56 bits per heavy atom. The molecule has 6 nitrogen and oxygen atoms in total. The molecular weight excluding hydrogens is 432 g/mol. The van der Waals surface area contributed by atoms with Crippen molar-refractivity contribution < 1.29 is 28.7 Å². The molecule has 0 aromatic carbocycles. The summed E-state index contributed by atoms with van der Waals surface area (Å²) in [5, 5.41) is 0. The summed E-state index contributed by atoms with van der Waals surface area (Å²) in [6, 6.07) is 0. The molecule has 2 fully saturated rings. The number of Topliss-reactive ketones (excluding diaryl/α,β-unsaturated/α-hetero) is 2. The number of methoxy groups -OCH3 is 2. The predicted molar refractivity (Wildman–Crippen MR) is 135 cm³/mol. The lowest BCUT2D eigenvalue weighted by Gasteiger charge is -2.15. The molecule has 0 bridgehead atoms. The normalized spacial score (nSPS) is 23.7. The zero-order valence-corrected chi connectivity index (χ0v) is 22.1. The standard InChI is InChI=1S/C13H20O3.C13H22O3.C2H5/c1-3-4-5-6-11-10(7-8-12(11)14)9-13(15)16-2;1-3-4-5-6-7-10-11(13(15)16-2)8-9-12(10)14;1-2/h4-5,10-11H,3,6-9H2,1-2H3;10-11H,3-9H2,1-2H3;1H2,2H3/b5-4-;;/t10-,11-;;/m1../s1. The van der Waals surface area contributed by atoms with Gasteiger partial charge in [0.15, 0.2) is 0 Å². The van der Waals surface area contributed by atoms with Gasteiger partial charge in [0.25, 0.3) is 0 Å². The largest absolute Gasteiger partial charge is 0.469 e. The van der Waals surface area contributed by atoms with Gasteiger partial charge < -0.3 is 9.47 Å². The Morgan fingerprint density at radius 3 is 2.15 bits per heavy atom. The van der Waals surface area contributed by atoms with Crippen LogP contribution in [-0.2, 0) is 28.7 Å². The fraction of sp³-hybridized carbons (Fsp3) is 0.750. The van der Waals surface area contributed by atoms with Crippen molar-refractivity contribution in [2.24, 2.45) is 23.7 Å². The van der Waals surface area contributed by atoms with Crippen LogP contribution in [0.25, 0.3) is 0 Å². The topological polar surface area (TPSA) is 86.7 Å². The number of allylic oxidation sites excluding steroid dienone is 2. The number of carbonyl (C=O) groups is 4. The minimum absolute atomic E-state index is 0.0295. The summed E-state index contributed by atoms with van der Waals surface area (Å²) in [4.78, 5) is 46.0. The molecule has 6 heteroatoms. The Kier molecular flexibility index (Phi) is 18.2. The molecule has 2 unspecified atom stereocenters. The second-order valence-electron chi connectivity index (χ2n) is 8.86. The smallest absolute Gasteiger partial charge is 0.309 e. The van der Waals surface area contributed by atoms with Crippen LogP contribution < -0.4 is 0 Å². The maximum Gasteiger partial charge on any atom is 0.309 e. The SMILES string of the molecule is CC/C=C\C[C@H]1C(=O)CC[C@@H]1CC(=O)OC.CCCCCCC1C(=O)CCC1C(=O)OC.[CH2]C. The highest BCUT2D eigenvalue weighted by Crippen LogP contribution is 2.34. The molecule has 195 valence electrons. The number of hydrogen-bond donors (Lipinski definition) is 0. The van der Waals surface area contributed by atoms with E-state index >= 15 is 0 Å². The number of esters is 2. The quantitative estimate of drug-likeness (QED) is 0.203. The van der Waals surface area contributed by atoms with Gasteiger partial charge in [0.05, 0.1) is 20.1 Å². The van der Waals surface area contributed by atoms with Crippen molar-refractivity contribution in [1.82, 2.24) is 0 Å². The Hall–Kier alpha value is -1.98. The molecular formula is C28H47O6. The molecule has 0 N–H and O–H groups in total. The van der Waals surface area contributed by atoms with Gasteiger partial charge in [-0.1, -0.05) is 65.5 Å². The highest BCUT2D eigenvalue weighted by molar-refractivity contribution is 5.90. The van der Waals surface area contributed by atoms with Gasteiger partial charge in [0.1, 0.15) is 11.6 Å². The van der Waals surface area contributed by atoms with Gasteiger partial charge in [-0.25, -0.2) is 0 Å². The Morgan fingerprint density at radius 1 is 0.912 bits per heavy atom. The van der Waals surface area contributed by atoms with Gasteiger partial charge in [-0.2, -0.15) is 0 Å². The van der Waals surface area contributed by atoms with Gasteiger partial charge in [0.2, 0.25) is 0 Å². The van der Waals surface area contributed by atoms with E-state index in [4.69, 9.17) is 4.74 Å². The monoisotopic (exact) mass is 479 g/mol. The molecule has 4 atom stereocenters. The van der Waals surface area contributed by atoms with E-state index in [1.165, 1.54) is 27.1 Å². The lowest BCUT2D eigenvalue weighted by molar-refractivity contribution is -0.148. The second-order valence-corrected chi connectivity index (χ2v) is 8.86. The molecule has 2 rings (SSSR count). The minimum atomic E-state index is -0.204. The first-order chi connectivity index (χ1) is 16.4. The Bertz CT molecular complexity index is 639. The van der Waals surface area contributed by atoms with Crippen LogP contribution in [0.15, 0.2) is 12.2 Å². The number of rotatable bonds is 11. The van der Waals surface area contributed by atoms with Crippen LogP contribution in [0.2, 0.25) is 0 Å². The van der Waals surface area contributed by atoms with E-state index in [9.17, 15) is 19.2 Å². The summed E-state index contributed by atoms with van der Waals surface area (Å²) >= 11 is 0. The van der Waals surface area contributed by atoms with E-state index < -0.39 is 0 Å². The highest BCUT2D eigenvalue weighted by atomic mass is 16.5. The van der Waals surface area contributed by atoms with E-state index in [-0.39, 0.29) is 41.4 Å². The van der Waals surface area contributed by atoms with E-state index in [1.807, 2.05) is 0 Å². The lowest BCUT2D eigenvalue weighted by Crippen LogP contribution is -2.23. The predicted octanol–water partition coefficient (Wildman–Crippen LogP) is 6.07. The number of carbonyl (C=O) groups excluding carboxylic acids is 4. The first kappa shape index (κ1) is 32.0. The minimum Gasteiger partial charge on any atom is -0.469 e. The van der Waals surface area contributed by atoms with Crippen LogP contribution in [-0.4, -0.2) is 37.7 Å². The van der Waals surface area contributed by atoms with Gasteiger partial charge >= 0.3 is 11.9 Å². The van der Waals surface area contributed by atoms with Crippen LogP contribution in [0.3, 0.4) is 0 Å². The maximum absolute atomic E-state index is 11.7. The van der Waals surface area contributed by atoms with Crippen LogP contribution in [0.5, 0.6) is 0 Å². The molecule has 0 spiro atoms. The summed E-state index contributed by atoms with van der Waals surface area (Å²) in [6.07, 6.45) is 14.4. The Balaban J connectivity index is 0.000000597. The number of hydrogen-bond acceptors (Lipinski definition) is 6. The number of unbranched alkanes of at least 4 members (excludes halogenated alkanes) is 3.